The molecule has 0 unspecified atom stereocenters. The van der Waals surface area contributed by atoms with Crippen molar-refractivity contribution in [2.24, 2.45) is 0 Å². The van der Waals surface area contributed by atoms with E-state index in [0.717, 1.165) is 29.0 Å². The highest BCUT2D eigenvalue weighted by molar-refractivity contribution is 7.93. The normalized spacial score (nSPS) is 21.3. The van der Waals surface area contributed by atoms with Gasteiger partial charge in [-0.25, -0.2) is 13.2 Å². The Bertz CT molecular complexity index is 1200. The molecule has 9 nitrogen and oxygen atoms in total. The van der Waals surface area contributed by atoms with Gasteiger partial charge >= 0.3 is 6.03 Å². The fraction of sp³-hybridized carbons (Fsp3) is 0.350. The van der Waals surface area contributed by atoms with Gasteiger partial charge in [-0.2, -0.15) is 5.01 Å². The number of nitrogens with one attached hydrogen (secondary N) is 2. The van der Waals surface area contributed by atoms with Crippen molar-refractivity contribution < 1.29 is 22.8 Å². The minimum atomic E-state index is -3.91. The molecular formula is C20H20N4O5S. The van der Waals surface area contributed by atoms with Crippen LogP contribution in [0.4, 0.5) is 10.5 Å². The van der Waals surface area contributed by atoms with Gasteiger partial charge in [-0.05, 0) is 30.4 Å². The Balaban J connectivity index is 1.39. The van der Waals surface area contributed by atoms with E-state index in [0.29, 0.717) is 28.9 Å². The molecular weight excluding hydrogens is 408 g/mol. The molecule has 2 aromatic rings. The predicted octanol–water partition coefficient (Wildman–Crippen LogP) is 1.63. The Labute approximate surface area is 173 Å². The summed E-state index contributed by atoms with van der Waals surface area (Å²) >= 11 is 0. The zero-order chi connectivity index (χ0) is 21.1. The average molecular weight is 428 g/mol. The predicted molar refractivity (Wildman–Crippen MR) is 108 cm³/mol. The number of imide groups is 1. The highest BCUT2D eigenvalue weighted by Gasteiger charge is 2.52. The number of anilines is 1. The summed E-state index contributed by atoms with van der Waals surface area (Å²) in [6.07, 6.45) is 3.70. The van der Waals surface area contributed by atoms with Crippen molar-refractivity contribution in [2.75, 3.05) is 10.8 Å². The average Bonchev–Trinajstić information content (AvgIpc) is 3.08. The summed E-state index contributed by atoms with van der Waals surface area (Å²) in [5, 5.41) is 4.70. The van der Waals surface area contributed by atoms with E-state index in [9.17, 15) is 22.8 Å². The number of sulfonamides is 1. The smallest absolute Gasteiger partial charge is 0.322 e. The van der Waals surface area contributed by atoms with Gasteiger partial charge in [0.2, 0.25) is 0 Å². The number of nitrogens with zero attached hydrogens (tertiary/aromatic N) is 2. The van der Waals surface area contributed by atoms with Crippen molar-refractivity contribution in [1.29, 1.82) is 0 Å². The first kappa shape index (κ1) is 18.9. The largest absolute Gasteiger partial charge is 0.344 e. The van der Waals surface area contributed by atoms with Gasteiger partial charge in [0, 0.05) is 5.39 Å². The SMILES string of the molecule is O=C(CN1c2cccc3cccc(c23)S1(=O)=O)NN1C(=O)NC2(CCCCC2)C1=O. The van der Waals surface area contributed by atoms with E-state index >= 15 is 0 Å². The lowest BCUT2D eigenvalue weighted by Gasteiger charge is -2.30. The molecule has 0 bridgehead atoms. The molecule has 2 aromatic carbocycles. The Morgan fingerprint density at radius 1 is 1.07 bits per heavy atom. The van der Waals surface area contributed by atoms with Crippen molar-refractivity contribution in [1.82, 2.24) is 15.8 Å². The molecule has 3 aliphatic rings. The van der Waals surface area contributed by atoms with Gasteiger partial charge in [-0.3, -0.25) is 19.3 Å². The van der Waals surface area contributed by atoms with E-state index in [2.05, 4.69) is 10.7 Å². The number of urea groups is 1. The van der Waals surface area contributed by atoms with Crippen LogP contribution in [0.1, 0.15) is 32.1 Å². The number of hydrogen-bond donors (Lipinski definition) is 2. The van der Waals surface area contributed by atoms with Crippen LogP contribution in [0.5, 0.6) is 0 Å². The summed E-state index contributed by atoms with van der Waals surface area (Å²) in [6.45, 7) is -0.541. The monoisotopic (exact) mass is 428 g/mol. The summed E-state index contributed by atoms with van der Waals surface area (Å²) < 4.78 is 27.0. The second-order valence-electron chi connectivity index (χ2n) is 7.89. The summed E-state index contributed by atoms with van der Waals surface area (Å²) in [7, 11) is -3.91. The van der Waals surface area contributed by atoms with E-state index in [1.165, 1.54) is 6.07 Å². The third-order valence-corrected chi connectivity index (χ3v) is 7.88. The van der Waals surface area contributed by atoms with Gasteiger partial charge in [0.1, 0.15) is 12.1 Å². The van der Waals surface area contributed by atoms with Gasteiger partial charge in [0.05, 0.1) is 10.6 Å². The highest BCUT2D eigenvalue weighted by atomic mass is 32.2. The van der Waals surface area contributed by atoms with Crippen molar-refractivity contribution in [3.05, 3.63) is 36.4 Å². The molecule has 5 rings (SSSR count). The van der Waals surface area contributed by atoms with Crippen LogP contribution in [-0.2, 0) is 19.6 Å². The summed E-state index contributed by atoms with van der Waals surface area (Å²) in [5.74, 6) is -1.25. The molecule has 4 amide bonds. The maximum Gasteiger partial charge on any atom is 0.344 e. The fourth-order valence-corrected chi connectivity index (χ4v) is 6.30. The topological polar surface area (TPSA) is 116 Å². The quantitative estimate of drug-likeness (QED) is 0.721. The molecule has 1 aliphatic carbocycles. The lowest BCUT2D eigenvalue weighted by atomic mass is 9.82. The number of hydrazine groups is 1. The van der Waals surface area contributed by atoms with Crippen molar-refractivity contribution in [3.63, 3.8) is 0 Å². The molecule has 1 saturated carbocycles. The molecule has 2 aliphatic heterocycles. The van der Waals surface area contributed by atoms with Crippen LogP contribution >= 0.6 is 0 Å². The van der Waals surface area contributed by atoms with Gasteiger partial charge < -0.3 is 5.32 Å². The van der Waals surface area contributed by atoms with Gasteiger partial charge in [-0.15, -0.1) is 0 Å². The molecule has 10 heteroatoms. The molecule has 2 N–H and O–H groups in total. The van der Waals surface area contributed by atoms with Crippen LogP contribution in [0.15, 0.2) is 41.3 Å². The molecule has 1 saturated heterocycles. The number of amides is 4. The van der Waals surface area contributed by atoms with E-state index < -0.39 is 40.0 Å². The van der Waals surface area contributed by atoms with Crippen molar-refractivity contribution in [3.8, 4) is 0 Å². The van der Waals surface area contributed by atoms with Crippen LogP contribution in [0, 0.1) is 0 Å². The van der Waals surface area contributed by atoms with Gasteiger partial charge in [0.15, 0.2) is 0 Å². The molecule has 30 heavy (non-hydrogen) atoms. The highest BCUT2D eigenvalue weighted by Crippen LogP contribution is 2.41. The summed E-state index contributed by atoms with van der Waals surface area (Å²) in [4.78, 5) is 38.0. The number of rotatable bonds is 3. The van der Waals surface area contributed by atoms with E-state index in [1.807, 2.05) is 0 Å². The Morgan fingerprint density at radius 2 is 1.77 bits per heavy atom. The van der Waals surface area contributed by atoms with E-state index in [1.54, 1.807) is 30.3 Å². The second kappa shape index (κ2) is 6.43. The number of hydrogen-bond acceptors (Lipinski definition) is 5. The van der Waals surface area contributed by atoms with E-state index in [-0.39, 0.29) is 4.90 Å². The van der Waals surface area contributed by atoms with Crippen LogP contribution in [0.25, 0.3) is 10.8 Å². The number of carbonyl (C=O) groups excluding carboxylic acids is 3. The lowest BCUT2D eigenvalue weighted by molar-refractivity contribution is -0.139. The molecule has 156 valence electrons. The molecule has 0 radical (unpaired) electrons. The molecule has 0 aromatic heterocycles. The molecule has 2 fully saturated rings. The summed E-state index contributed by atoms with van der Waals surface area (Å²) in [6, 6.07) is 9.43. The van der Waals surface area contributed by atoms with Crippen molar-refractivity contribution >= 4 is 44.3 Å². The number of benzene rings is 2. The minimum Gasteiger partial charge on any atom is -0.322 e. The molecule has 0 atom stereocenters. The third kappa shape index (κ3) is 2.59. The minimum absolute atomic E-state index is 0.138. The first-order valence-electron chi connectivity index (χ1n) is 9.84. The third-order valence-electron chi connectivity index (χ3n) is 6.07. The van der Waals surface area contributed by atoms with Crippen LogP contribution in [0.2, 0.25) is 0 Å². The zero-order valence-electron chi connectivity index (χ0n) is 16.1. The van der Waals surface area contributed by atoms with Crippen molar-refractivity contribution in [2.45, 2.75) is 42.5 Å². The standard InChI is InChI=1S/C20H20N4O5S/c25-16(22-24-18(26)20(21-19(24)27)10-2-1-3-11-20)12-23-14-8-4-6-13-7-5-9-15(17(13)14)30(23,28)29/h4-9H,1-3,10-12H2,(H,21,27)(H,22,25). The van der Waals surface area contributed by atoms with E-state index in [4.69, 9.17) is 0 Å². The Hall–Kier alpha value is -3.14. The van der Waals surface area contributed by atoms with Crippen LogP contribution in [-0.4, -0.2) is 43.4 Å². The van der Waals surface area contributed by atoms with Crippen LogP contribution in [0.3, 0.4) is 0 Å². The second-order valence-corrected chi connectivity index (χ2v) is 9.72. The van der Waals surface area contributed by atoms with Gasteiger partial charge in [-0.1, -0.05) is 43.5 Å². The van der Waals surface area contributed by atoms with Crippen LogP contribution < -0.4 is 15.0 Å². The van der Waals surface area contributed by atoms with Gasteiger partial charge in [0.25, 0.3) is 21.8 Å². The summed E-state index contributed by atoms with van der Waals surface area (Å²) in [5.41, 5.74) is 1.73. The molecule has 2 heterocycles. The first-order valence-corrected chi connectivity index (χ1v) is 11.3. The fourth-order valence-electron chi connectivity index (χ4n) is 4.64. The first-order chi connectivity index (χ1) is 14.3. The number of carbonyl (C=O) groups is 3. The lowest BCUT2D eigenvalue weighted by Crippen LogP contribution is -2.52. The molecule has 1 spiro atoms. The zero-order valence-corrected chi connectivity index (χ0v) is 16.9. The maximum absolute atomic E-state index is 13.0. The Morgan fingerprint density at radius 3 is 2.50 bits per heavy atom. The maximum atomic E-state index is 13.0. The Kier molecular flexibility index (Phi) is 4.04.